The first-order valence-electron chi connectivity index (χ1n) is 8.05. The quantitative estimate of drug-likeness (QED) is 0.577. The number of aromatic nitrogens is 1. The van der Waals surface area contributed by atoms with Gasteiger partial charge in [0.2, 0.25) is 15.9 Å². The molecule has 1 heterocycles. The largest absolute Gasteiger partial charge is 0.416 e. The first-order valence-corrected chi connectivity index (χ1v) is 10.8. The number of nitrogens with one attached hydrogen (secondary N) is 2. The summed E-state index contributed by atoms with van der Waals surface area (Å²) < 4.78 is 64.8. The van der Waals surface area contributed by atoms with Gasteiger partial charge in [0.1, 0.15) is 5.01 Å². The Hall–Kier alpha value is -2.92. The summed E-state index contributed by atoms with van der Waals surface area (Å²) in [5.41, 5.74) is -0.761. The van der Waals surface area contributed by atoms with Crippen molar-refractivity contribution >= 4 is 54.9 Å². The van der Waals surface area contributed by atoms with Crippen LogP contribution >= 0.6 is 11.3 Å². The number of halogens is 3. The Kier molecular flexibility index (Phi) is 5.62. The van der Waals surface area contributed by atoms with E-state index in [0.29, 0.717) is 11.1 Å². The number of nitrogens with zero attached hydrogens (tertiary/aromatic N) is 1. The van der Waals surface area contributed by atoms with Crippen LogP contribution in [0.15, 0.2) is 48.5 Å². The molecule has 0 fully saturated rings. The summed E-state index contributed by atoms with van der Waals surface area (Å²) in [6.07, 6.45) is -1.26. The van der Waals surface area contributed by atoms with Crippen LogP contribution in [0.5, 0.6) is 0 Å². The van der Waals surface area contributed by atoms with Gasteiger partial charge in [0.05, 0.1) is 33.4 Å². The predicted molar refractivity (Wildman–Crippen MR) is 107 cm³/mol. The zero-order chi connectivity index (χ0) is 21.2. The van der Waals surface area contributed by atoms with Gasteiger partial charge in [-0.2, -0.15) is 13.2 Å². The lowest BCUT2D eigenvalue weighted by Gasteiger charge is -2.14. The van der Waals surface area contributed by atoms with Gasteiger partial charge in [0.25, 0.3) is 0 Å². The number of hydrogen-bond donors (Lipinski definition) is 2. The molecule has 3 aromatic rings. The Labute approximate surface area is 168 Å². The molecule has 1 amide bonds. The van der Waals surface area contributed by atoms with E-state index in [1.54, 1.807) is 0 Å². The number of anilines is 2. The molecule has 2 N–H and O–H groups in total. The Bertz CT molecular complexity index is 1170. The standard InChI is InChI=1S/C18H14F3N3O3S2/c1-29(26,27)24-12-7-6-11(18(19,20)21)10-14(12)22-16(25)8-9-17-23-13-4-2-3-5-15(13)28-17/h2-10,24H,1H3,(H,22,25)/b9-8+. The number of sulfonamides is 1. The van der Waals surface area contributed by atoms with E-state index in [1.807, 2.05) is 24.3 Å². The van der Waals surface area contributed by atoms with Crippen LogP contribution in [0.4, 0.5) is 24.5 Å². The second kappa shape index (κ2) is 7.84. The monoisotopic (exact) mass is 441 g/mol. The van der Waals surface area contributed by atoms with Crippen LogP contribution in [0.1, 0.15) is 10.6 Å². The van der Waals surface area contributed by atoms with Crippen molar-refractivity contribution in [1.82, 2.24) is 4.98 Å². The second-order valence-corrected chi connectivity index (χ2v) is 8.79. The maximum absolute atomic E-state index is 13.0. The van der Waals surface area contributed by atoms with Crippen LogP contribution in [0.2, 0.25) is 0 Å². The minimum Gasteiger partial charge on any atom is -0.321 e. The van der Waals surface area contributed by atoms with Crippen molar-refractivity contribution in [3.63, 3.8) is 0 Å². The molecule has 0 aliphatic rings. The highest BCUT2D eigenvalue weighted by Crippen LogP contribution is 2.34. The molecule has 152 valence electrons. The summed E-state index contributed by atoms with van der Waals surface area (Å²) in [4.78, 5) is 16.5. The molecular weight excluding hydrogens is 427 g/mol. The number of alkyl halides is 3. The summed E-state index contributed by atoms with van der Waals surface area (Å²) in [5, 5.41) is 2.82. The van der Waals surface area contributed by atoms with Gasteiger partial charge < -0.3 is 5.32 Å². The average Bonchev–Trinajstić information content (AvgIpc) is 3.02. The lowest BCUT2D eigenvalue weighted by Crippen LogP contribution is -2.16. The van der Waals surface area contributed by atoms with E-state index in [0.717, 1.165) is 34.7 Å². The number of carbonyl (C=O) groups is 1. The first kappa shape index (κ1) is 20.8. The van der Waals surface area contributed by atoms with Gasteiger partial charge in [0, 0.05) is 6.08 Å². The lowest BCUT2D eigenvalue weighted by molar-refractivity contribution is -0.137. The van der Waals surface area contributed by atoms with Crippen molar-refractivity contribution in [2.24, 2.45) is 0 Å². The SMILES string of the molecule is CS(=O)(=O)Nc1ccc(C(F)(F)F)cc1NC(=O)/C=C/c1nc2ccccc2s1. The third-order valence-corrected chi connectivity index (χ3v) is 5.18. The van der Waals surface area contributed by atoms with Crippen molar-refractivity contribution in [1.29, 1.82) is 0 Å². The van der Waals surface area contributed by atoms with E-state index in [1.165, 1.54) is 17.4 Å². The van der Waals surface area contributed by atoms with Gasteiger partial charge in [-0.1, -0.05) is 12.1 Å². The van der Waals surface area contributed by atoms with Crippen LogP contribution in [0.25, 0.3) is 16.3 Å². The van der Waals surface area contributed by atoms with Crippen LogP contribution in [-0.2, 0) is 21.0 Å². The van der Waals surface area contributed by atoms with Gasteiger partial charge in [0.15, 0.2) is 0 Å². The Morgan fingerprint density at radius 1 is 1.14 bits per heavy atom. The van der Waals surface area contributed by atoms with Crippen molar-refractivity contribution < 1.29 is 26.4 Å². The average molecular weight is 441 g/mol. The van der Waals surface area contributed by atoms with Gasteiger partial charge >= 0.3 is 6.18 Å². The third kappa shape index (κ3) is 5.55. The van der Waals surface area contributed by atoms with Crippen LogP contribution in [0, 0.1) is 0 Å². The topological polar surface area (TPSA) is 88.2 Å². The summed E-state index contributed by atoms with van der Waals surface area (Å²) >= 11 is 1.34. The fraction of sp³-hybridized carbons (Fsp3) is 0.111. The molecule has 0 saturated carbocycles. The van der Waals surface area contributed by atoms with Gasteiger partial charge in [-0.3, -0.25) is 9.52 Å². The van der Waals surface area contributed by atoms with E-state index >= 15 is 0 Å². The Morgan fingerprint density at radius 3 is 2.52 bits per heavy atom. The highest BCUT2D eigenvalue weighted by Gasteiger charge is 2.31. The number of rotatable bonds is 5. The molecule has 0 bridgehead atoms. The molecule has 6 nitrogen and oxygen atoms in total. The molecular formula is C18H14F3N3O3S2. The molecule has 0 radical (unpaired) electrons. The maximum Gasteiger partial charge on any atom is 0.416 e. The number of amides is 1. The highest BCUT2D eigenvalue weighted by molar-refractivity contribution is 7.92. The van der Waals surface area contributed by atoms with E-state index in [-0.39, 0.29) is 11.4 Å². The van der Waals surface area contributed by atoms with Gasteiger partial charge in [-0.05, 0) is 36.4 Å². The minimum atomic E-state index is -4.65. The Balaban J connectivity index is 1.85. The van der Waals surface area contributed by atoms with E-state index in [9.17, 15) is 26.4 Å². The van der Waals surface area contributed by atoms with Crippen molar-refractivity contribution in [3.8, 4) is 0 Å². The highest BCUT2D eigenvalue weighted by atomic mass is 32.2. The number of para-hydroxylation sites is 1. The summed E-state index contributed by atoms with van der Waals surface area (Å²) in [6.45, 7) is 0. The summed E-state index contributed by atoms with van der Waals surface area (Å²) in [6, 6.07) is 9.69. The van der Waals surface area contributed by atoms with E-state index in [4.69, 9.17) is 0 Å². The van der Waals surface area contributed by atoms with Crippen LogP contribution < -0.4 is 10.0 Å². The fourth-order valence-corrected chi connectivity index (χ4v) is 3.84. The molecule has 11 heteroatoms. The maximum atomic E-state index is 13.0. The van der Waals surface area contributed by atoms with E-state index in [2.05, 4.69) is 15.0 Å². The summed E-state index contributed by atoms with van der Waals surface area (Å²) in [7, 11) is -3.76. The normalized spacial score (nSPS) is 12.4. The number of benzene rings is 2. The van der Waals surface area contributed by atoms with Gasteiger partial charge in [-0.15, -0.1) is 11.3 Å². The molecule has 0 saturated heterocycles. The molecule has 0 aliphatic heterocycles. The van der Waals surface area contributed by atoms with Crippen molar-refractivity contribution in [2.45, 2.75) is 6.18 Å². The smallest absolute Gasteiger partial charge is 0.321 e. The molecule has 3 rings (SSSR count). The van der Waals surface area contributed by atoms with Crippen molar-refractivity contribution in [3.05, 3.63) is 59.1 Å². The fourth-order valence-electron chi connectivity index (χ4n) is 2.40. The first-order chi connectivity index (χ1) is 13.5. The molecule has 0 spiro atoms. The molecule has 0 aliphatic carbocycles. The molecule has 29 heavy (non-hydrogen) atoms. The minimum absolute atomic E-state index is 0.178. The van der Waals surface area contributed by atoms with E-state index < -0.39 is 27.7 Å². The zero-order valence-electron chi connectivity index (χ0n) is 14.8. The molecule has 0 atom stereocenters. The number of hydrogen-bond acceptors (Lipinski definition) is 5. The number of carbonyl (C=O) groups excluding carboxylic acids is 1. The molecule has 0 unspecified atom stereocenters. The second-order valence-electron chi connectivity index (χ2n) is 5.97. The number of thiazole rings is 1. The molecule has 2 aromatic carbocycles. The Morgan fingerprint density at radius 2 is 1.86 bits per heavy atom. The summed E-state index contributed by atoms with van der Waals surface area (Å²) in [5.74, 6) is -0.736. The van der Waals surface area contributed by atoms with Crippen molar-refractivity contribution in [2.75, 3.05) is 16.3 Å². The number of fused-ring (bicyclic) bond motifs is 1. The zero-order valence-corrected chi connectivity index (χ0v) is 16.5. The van der Waals surface area contributed by atoms with Crippen LogP contribution in [-0.4, -0.2) is 25.6 Å². The van der Waals surface area contributed by atoms with Gasteiger partial charge in [-0.25, -0.2) is 13.4 Å². The third-order valence-electron chi connectivity index (χ3n) is 3.59. The van der Waals surface area contributed by atoms with Crippen LogP contribution in [0.3, 0.4) is 0 Å². The lowest BCUT2D eigenvalue weighted by atomic mass is 10.1. The predicted octanol–water partition coefficient (Wildman–Crippen LogP) is 4.34. The molecule has 1 aromatic heterocycles.